The molecule has 3 fully saturated rings. The van der Waals surface area contributed by atoms with Crippen molar-refractivity contribution in [3.8, 4) is 0 Å². The molecule has 0 bridgehead atoms. The van der Waals surface area contributed by atoms with Crippen LogP contribution in [0.3, 0.4) is 0 Å². The highest BCUT2D eigenvalue weighted by atomic mass is 19.1. The minimum Gasteiger partial charge on any atom is -0.375 e. The van der Waals surface area contributed by atoms with Crippen LogP contribution < -0.4 is 15.1 Å². The third kappa shape index (κ3) is 4.39. The lowest BCUT2D eigenvalue weighted by Gasteiger charge is -2.33. The summed E-state index contributed by atoms with van der Waals surface area (Å²) in [5.41, 5.74) is 1.60. The molecule has 1 aliphatic carbocycles. The Balaban J connectivity index is 1.36. The van der Waals surface area contributed by atoms with Gasteiger partial charge < -0.3 is 19.9 Å². The zero-order valence-electron chi connectivity index (χ0n) is 18.6. The van der Waals surface area contributed by atoms with Gasteiger partial charge in [0.25, 0.3) is 5.91 Å². The van der Waals surface area contributed by atoms with E-state index in [1.165, 1.54) is 25.0 Å². The number of halogens is 1. The molecule has 4 heterocycles. The summed E-state index contributed by atoms with van der Waals surface area (Å²) in [5.74, 6) is 0.468. The van der Waals surface area contributed by atoms with Crippen molar-refractivity contribution in [2.24, 2.45) is 5.41 Å². The number of pyridine rings is 1. The summed E-state index contributed by atoms with van der Waals surface area (Å²) in [6, 6.07) is 4.48. The summed E-state index contributed by atoms with van der Waals surface area (Å²) < 4.78 is 19.6. The Bertz CT molecular complexity index is 1020. The maximum atomic E-state index is 14.0. The molecule has 0 aromatic carbocycles. The molecule has 0 unspecified atom stereocenters. The van der Waals surface area contributed by atoms with Crippen LogP contribution >= 0.6 is 0 Å². The first-order valence-corrected chi connectivity index (χ1v) is 11.4. The summed E-state index contributed by atoms with van der Waals surface area (Å²) in [6.45, 7) is 7.48. The number of nitrogens with zero attached hydrogens (tertiary/aromatic N) is 5. The lowest BCUT2D eigenvalue weighted by molar-refractivity contribution is 0.0526. The van der Waals surface area contributed by atoms with E-state index in [9.17, 15) is 9.18 Å². The van der Waals surface area contributed by atoms with Crippen molar-refractivity contribution in [2.75, 3.05) is 47.9 Å². The van der Waals surface area contributed by atoms with Crippen molar-refractivity contribution in [3.63, 3.8) is 0 Å². The molecule has 8 nitrogen and oxygen atoms in total. The predicted octanol–water partition coefficient (Wildman–Crippen LogP) is 3.18. The first kappa shape index (κ1) is 21.1. The van der Waals surface area contributed by atoms with E-state index in [4.69, 9.17) is 4.74 Å². The van der Waals surface area contributed by atoms with E-state index in [0.717, 1.165) is 31.6 Å². The van der Waals surface area contributed by atoms with Crippen molar-refractivity contribution in [1.82, 2.24) is 15.0 Å². The number of amides is 1. The van der Waals surface area contributed by atoms with E-state index in [1.54, 1.807) is 6.07 Å². The van der Waals surface area contributed by atoms with Gasteiger partial charge in [0.15, 0.2) is 0 Å². The van der Waals surface area contributed by atoms with Crippen molar-refractivity contribution in [3.05, 3.63) is 35.4 Å². The van der Waals surface area contributed by atoms with E-state index in [-0.39, 0.29) is 12.0 Å². The second kappa shape index (κ2) is 8.27. The van der Waals surface area contributed by atoms with Gasteiger partial charge in [0.05, 0.1) is 18.3 Å². The summed E-state index contributed by atoms with van der Waals surface area (Å²) in [7, 11) is 0. The number of aromatic nitrogens is 3. The van der Waals surface area contributed by atoms with Crippen LogP contribution in [0.4, 0.5) is 22.0 Å². The van der Waals surface area contributed by atoms with E-state index in [0.29, 0.717) is 48.3 Å². The number of carbonyl (C=O) groups is 1. The number of rotatable bonds is 4. The van der Waals surface area contributed by atoms with Gasteiger partial charge in [-0.1, -0.05) is 0 Å². The smallest absolute Gasteiger partial charge is 0.260 e. The number of anilines is 3. The Morgan fingerprint density at radius 2 is 1.91 bits per heavy atom. The summed E-state index contributed by atoms with van der Waals surface area (Å²) in [4.78, 5) is 30.5. The van der Waals surface area contributed by atoms with Crippen LogP contribution in [-0.4, -0.2) is 59.7 Å². The number of hydrogen-bond acceptors (Lipinski definition) is 7. The summed E-state index contributed by atoms with van der Waals surface area (Å²) in [5, 5.41) is 2.88. The number of aryl methyl sites for hydroxylation is 1. The van der Waals surface area contributed by atoms with Gasteiger partial charge in [0.1, 0.15) is 11.6 Å². The molecule has 3 aliphatic rings. The fraction of sp³-hybridized carbons (Fsp3) is 0.565. The predicted molar refractivity (Wildman–Crippen MR) is 120 cm³/mol. The van der Waals surface area contributed by atoms with E-state index >= 15 is 0 Å². The molecule has 2 aliphatic heterocycles. The lowest BCUT2D eigenvalue weighted by atomic mass is 9.93. The Morgan fingerprint density at radius 3 is 2.62 bits per heavy atom. The molecule has 5 rings (SSSR count). The Hall–Kier alpha value is -2.81. The van der Waals surface area contributed by atoms with Crippen LogP contribution in [0.15, 0.2) is 18.2 Å². The maximum Gasteiger partial charge on any atom is 0.260 e. The zero-order chi connectivity index (χ0) is 22.3. The minimum atomic E-state index is -0.579. The van der Waals surface area contributed by atoms with Gasteiger partial charge in [-0.25, -0.2) is 9.97 Å². The zero-order valence-corrected chi connectivity index (χ0v) is 18.6. The maximum absolute atomic E-state index is 14.0. The van der Waals surface area contributed by atoms with Crippen LogP contribution in [0, 0.1) is 18.3 Å². The average Bonchev–Trinajstić information content (AvgIpc) is 3.52. The number of morpholine rings is 1. The Labute approximate surface area is 187 Å². The van der Waals surface area contributed by atoms with Gasteiger partial charge in [0.2, 0.25) is 11.9 Å². The minimum absolute atomic E-state index is 0.0954. The quantitative estimate of drug-likeness (QED) is 0.731. The van der Waals surface area contributed by atoms with E-state index in [2.05, 4.69) is 25.2 Å². The molecular formula is C23H29FN6O2. The van der Waals surface area contributed by atoms with Gasteiger partial charge in [-0.3, -0.25) is 4.79 Å². The SMILES string of the molecule is Cc1cc(NC(=O)c2ccc(F)nc2N2CCC3(CC2)CC3)nc(N2CCO[C@H](C)C2)n1. The largest absolute Gasteiger partial charge is 0.375 e. The molecule has 2 aromatic heterocycles. The number of carbonyl (C=O) groups excluding carboxylic acids is 1. The number of ether oxygens (including phenoxy) is 1. The number of nitrogens with one attached hydrogen (secondary N) is 1. The fourth-order valence-electron chi connectivity index (χ4n) is 4.66. The second-order valence-electron chi connectivity index (χ2n) is 9.27. The third-order valence-corrected chi connectivity index (χ3v) is 6.77. The highest BCUT2D eigenvalue weighted by Crippen LogP contribution is 2.53. The molecule has 2 saturated heterocycles. The van der Waals surface area contributed by atoms with Crippen molar-refractivity contribution in [2.45, 2.75) is 45.6 Å². The number of hydrogen-bond donors (Lipinski definition) is 1. The van der Waals surface area contributed by atoms with Gasteiger partial charge in [0, 0.05) is 37.9 Å². The molecule has 1 N–H and O–H groups in total. The highest BCUT2D eigenvalue weighted by Gasteiger charge is 2.45. The molecule has 1 saturated carbocycles. The first-order chi connectivity index (χ1) is 15.4. The fourth-order valence-corrected chi connectivity index (χ4v) is 4.66. The second-order valence-corrected chi connectivity index (χ2v) is 9.27. The number of piperidine rings is 1. The Kier molecular flexibility index (Phi) is 5.44. The van der Waals surface area contributed by atoms with E-state index in [1.807, 2.05) is 18.7 Å². The molecule has 0 radical (unpaired) electrons. The van der Waals surface area contributed by atoms with Gasteiger partial charge in [-0.05, 0) is 57.1 Å². The molecule has 2 aromatic rings. The standard InChI is InChI=1S/C23H29FN6O2/c1-15-13-19(28-22(25-15)30-11-12-32-16(2)14-30)27-21(31)17-3-4-18(24)26-20(17)29-9-7-23(5-6-23)8-10-29/h3-4,13,16H,5-12,14H2,1-2H3,(H,25,27,28,31)/t16-/m1/s1. The van der Waals surface area contributed by atoms with Crippen LogP contribution in [0.2, 0.25) is 0 Å². The van der Waals surface area contributed by atoms with Crippen molar-refractivity contribution in [1.29, 1.82) is 0 Å². The molecule has 1 spiro atoms. The van der Waals surface area contributed by atoms with Gasteiger partial charge in [-0.15, -0.1) is 0 Å². The van der Waals surface area contributed by atoms with Gasteiger partial charge in [-0.2, -0.15) is 9.37 Å². The topological polar surface area (TPSA) is 83.5 Å². The van der Waals surface area contributed by atoms with Crippen LogP contribution in [-0.2, 0) is 4.74 Å². The average molecular weight is 441 g/mol. The molecule has 9 heteroatoms. The molecule has 1 atom stereocenters. The molecule has 32 heavy (non-hydrogen) atoms. The van der Waals surface area contributed by atoms with Crippen molar-refractivity contribution < 1.29 is 13.9 Å². The highest BCUT2D eigenvalue weighted by molar-refractivity contribution is 6.07. The van der Waals surface area contributed by atoms with Crippen molar-refractivity contribution >= 4 is 23.5 Å². The van der Waals surface area contributed by atoms with E-state index < -0.39 is 5.95 Å². The molecule has 170 valence electrons. The monoisotopic (exact) mass is 440 g/mol. The summed E-state index contributed by atoms with van der Waals surface area (Å²) in [6.07, 6.45) is 4.79. The Morgan fingerprint density at radius 1 is 1.12 bits per heavy atom. The van der Waals surface area contributed by atoms with Crippen LogP contribution in [0.1, 0.15) is 48.7 Å². The lowest BCUT2D eigenvalue weighted by Crippen LogP contribution is -2.42. The van der Waals surface area contributed by atoms with Crippen LogP contribution in [0.5, 0.6) is 0 Å². The molecular weight excluding hydrogens is 411 g/mol. The normalized spacial score (nSPS) is 22.2. The third-order valence-electron chi connectivity index (χ3n) is 6.77. The van der Waals surface area contributed by atoms with Gasteiger partial charge >= 0.3 is 0 Å². The first-order valence-electron chi connectivity index (χ1n) is 11.4. The summed E-state index contributed by atoms with van der Waals surface area (Å²) >= 11 is 0. The van der Waals surface area contributed by atoms with Crippen LogP contribution in [0.25, 0.3) is 0 Å². The molecule has 1 amide bonds.